The van der Waals surface area contributed by atoms with Crippen LogP contribution in [0.25, 0.3) is 5.65 Å². The molecule has 22 heavy (non-hydrogen) atoms. The molecule has 3 aromatic heterocycles. The van der Waals surface area contributed by atoms with E-state index in [1.54, 1.807) is 37.8 Å². The summed E-state index contributed by atoms with van der Waals surface area (Å²) < 4.78 is 7.90. The first-order chi connectivity index (χ1) is 10.7. The monoisotopic (exact) mass is 408 g/mol. The van der Waals surface area contributed by atoms with Crippen LogP contribution in [0.3, 0.4) is 0 Å². The Morgan fingerprint density at radius 1 is 1.36 bits per heavy atom. The normalized spacial score (nSPS) is 10.6. The maximum atomic E-state index is 12.3. The standard InChI is InChI=1S/C15H13IN4O2/c1-22-14-6-10(4-5-17-14)7-19-15(21)11-2-3-13-18-8-12(16)20(13)9-11/h2-6,8-9H,7H2,1H3,(H,19,21). The van der Waals surface area contributed by atoms with Gasteiger partial charge in [0.25, 0.3) is 5.91 Å². The topological polar surface area (TPSA) is 68.5 Å². The van der Waals surface area contributed by atoms with E-state index >= 15 is 0 Å². The largest absolute Gasteiger partial charge is 0.481 e. The third kappa shape index (κ3) is 3.03. The van der Waals surface area contributed by atoms with E-state index in [4.69, 9.17) is 4.74 Å². The molecule has 1 amide bonds. The van der Waals surface area contributed by atoms with Gasteiger partial charge >= 0.3 is 0 Å². The maximum Gasteiger partial charge on any atom is 0.253 e. The third-order valence-corrected chi connectivity index (χ3v) is 3.98. The number of carbonyl (C=O) groups excluding carboxylic acids is 1. The Kier molecular flexibility index (Phi) is 4.23. The van der Waals surface area contributed by atoms with Gasteiger partial charge in [0.05, 0.1) is 18.9 Å². The van der Waals surface area contributed by atoms with Gasteiger partial charge in [-0.3, -0.25) is 9.20 Å². The van der Waals surface area contributed by atoms with E-state index < -0.39 is 0 Å². The molecule has 6 nitrogen and oxygen atoms in total. The second-order valence-electron chi connectivity index (χ2n) is 4.62. The molecule has 3 aromatic rings. The van der Waals surface area contributed by atoms with E-state index in [0.717, 1.165) is 14.9 Å². The number of hydrogen-bond acceptors (Lipinski definition) is 4. The van der Waals surface area contributed by atoms with Crippen molar-refractivity contribution < 1.29 is 9.53 Å². The molecule has 0 aromatic carbocycles. The Balaban J connectivity index is 1.73. The van der Waals surface area contributed by atoms with Gasteiger partial charge in [0.15, 0.2) is 0 Å². The molecule has 3 heterocycles. The van der Waals surface area contributed by atoms with Crippen molar-refractivity contribution in [1.29, 1.82) is 0 Å². The number of ether oxygens (including phenoxy) is 1. The van der Waals surface area contributed by atoms with Crippen molar-refractivity contribution in [2.24, 2.45) is 0 Å². The third-order valence-electron chi connectivity index (χ3n) is 3.18. The number of methoxy groups -OCH3 is 1. The summed E-state index contributed by atoms with van der Waals surface area (Å²) in [6.45, 7) is 0.413. The van der Waals surface area contributed by atoms with Gasteiger partial charge in [-0.15, -0.1) is 0 Å². The molecule has 0 aliphatic rings. The van der Waals surface area contributed by atoms with E-state index in [0.29, 0.717) is 18.0 Å². The summed E-state index contributed by atoms with van der Waals surface area (Å²) in [6.07, 6.45) is 5.20. The van der Waals surface area contributed by atoms with Crippen molar-refractivity contribution in [3.05, 3.63) is 57.7 Å². The number of imidazole rings is 1. The molecule has 0 fully saturated rings. The van der Waals surface area contributed by atoms with Gasteiger partial charge in [0, 0.05) is 25.0 Å². The average Bonchev–Trinajstić information content (AvgIpc) is 2.93. The minimum absolute atomic E-state index is 0.137. The Morgan fingerprint density at radius 3 is 3.05 bits per heavy atom. The number of carbonyl (C=O) groups is 1. The molecule has 112 valence electrons. The van der Waals surface area contributed by atoms with Crippen LogP contribution in [0.1, 0.15) is 15.9 Å². The lowest BCUT2D eigenvalue weighted by Crippen LogP contribution is -2.23. The maximum absolute atomic E-state index is 12.3. The predicted molar refractivity (Wildman–Crippen MR) is 89.9 cm³/mol. The summed E-state index contributed by atoms with van der Waals surface area (Å²) >= 11 is 2.18. The van der Waals surface area contributed by atoms with Crippen LogP contribution in [0.5, 0.6) is 5.88 Å². The van der Waals surface area contributed by atoms with E-state index in [9.17, 15) is 4.79 Å². The zero-order valence-corrected chi connectivity index (χ0v) is 13.9. The van der Waals surface area contributed by atoms with Gasteiger partial charge in [-0.25, -0.2) is 9.97 Å². The fraction of sp³-hybridized carbons (Fsp3) is 0.133. The summed E-state index contributed by atoms with van der Waals surface area (Å²) in [5, 5.41) is 2.88. The van der Waals surface area contributed by atoms with Crippen LogP contribution < -0.4 is 10.1 Å². The highest BCUT2D eigenvalue weighted by molar-refractivity contribution is 14.1. The second kappa shape index (κ2) is 6.30. The molecule has 0 atom stereocenters. The van der Waals surface area contributed by atoms with Crippen molar-refractivity contribution in [1.82, 2.24) is 19.7 Å². The fourth-order valence-electron chi connectivity index (χ4n) is 2.04. The Bertz CT molecular complexity index is 831. The van der Waals surface area contributed by atoms with Crippen LogP contribution in [0, 0.1) is 3.70 Å². The van der Waals surface area contributed by atoms with E-state index in [2.05, 4.69) is 37.9 Å². The first-order valence-electron chi connectivity index (χ1n) is 6.57. The minimum Gasteiger partial charge on any atom is -0.481 e. The number of pyridine rings is 2. The highest BCUT2D eigenvalue weighted by atomic mass is 127. The smallest absolute Gasteiger partial charge is 0.253 e. The van der Waals surface area contributed by atoms with Gasteiger partial charge in [0.2, 0.25) is 5.88 Å². The van der Waals surface area contributed by atoms with Gasteiger partial charge in [-0.2, -0.15) is 0 Å². The summed E-state index contributed by atoms with van der Waals surface area (Å²) in [5.41, 5.74) is 2.34. The van der Waals surface area contributed by atoms with Crippen LogP contribution in [0.2, 0.25) is 0 Å². The van der Waals surface area contributed by atoms with Crippen LogP contribution in [-0.2, 0) is 6.54 Å². The van der Waals surface area contributed by atoms with Gasteiger partial charge in [0.1, 0.15) is 9.35 Å². The lowest BCUT2D eigenvalue weighted by molar-refractivity contribution is 0.0950. The number of amides is 1. The SMILES string of the molecule is COc1cc(CNC(=O)c2ccc3ncc(I)n3c2)ccn1. The molecule has 7 heteroatoms. The molecule has 0 aliphatic heterocycles. The van der Waals surface area contributed by atoms with Gasteiger partial charge in [-0.05, 0) is 46.4 Å². The average molecular weight is 408 g/mol. The number of halogens is 1. The molecule has 3 rings (SSSR count). The zero-order valence-electron chi connectivity index (χ0n) is 11.8. The molecule has 0 saturated heterocycles. The van der Waals surface area contributed by atoms with Crippen LogP contribution >= 0.6 is 22.6 Å². The van der Waals surface area contributed by atoms with E-state index in [1.165, 1.54) is 0 Å². The molecular weight excluding hydrogens is 395 g/mol. The van der Waals surface area contributed by atoms with Crippen molar-refractivity contribution in [2.75, 3.05) is 7.11 Å². The number of nitrogens with one attached hydrogen (secondary N) is 1. The van der Waals surface area contributed by atoms with E-state index in [-0.39, 0.29) is 5.91 Å². The summed E-state index contributed by atoms with van der Waals surface area (Å²) in [7, 11) is 1.56. The lowest BCUT2D eigenvalue weighted by atomic mass is 10.2. The lowest BCUT2D eigenvalue weighted by Gasteiger charge is -2.07. The molecule has 0 bridgehead atoms. The number of fused-ring (bicyclic) bond motifs is 1. The molecule has 0 radical (unpaired) electrons. The number of rotatable bonds is 4. The minimum atomic E-state index is -0.137. The van der Waals surface area contributed by atoms with E-state index in [1.807, 2.05) is 16.5 Å². The Morgan fingerprint density at radius 2 is 2.23 bits per heavy atom. The van der Waals surface area contributed by atoms with Crippen molar-refractivity contribution in [3.63, 3.8) is 0 Å². The van der Waals surface area contributed by atoms with Gasteiger partial charge < -0.3 is 10.1 Å². The van der Waals surface area contributed by atoms with Crippen LogP contribution in [0.4, 0.5) is 0 Å². The fourth-order valence-corrected chi connectivity index (χ4v) is 2.57. The first kappa shape index (κ1) is 14.8. The summed E-state index contributed by atoms with van der Waals surface area (Å²) in [6, 6.07) is 7.22. The number of nitrogens with zero attached hydrogens (tertiary/aromatic N) is 3. The summed E-state index contributed by atoms with van der Waals surface area (Å²) in [5.74, 6) is 0.392. The summed E-state index contributed by atoms with van der Waals surface area (Å²) in [4.78, 5) is 20.5. The highest BCUT2D eigenvalue weighted by Crippen LogP contribution is 2.12. The Hall–Kier alpha value is -2.16. The molecule has 0 aliphatic carbocycles. The molecule has 0 spiro atoms. The molecule has 0 unspecified atom stereocenters. The quantitative estimate of drug-likeness (QED) is 0.673. The highest BCUT2D eigenvalue weighted by Gasteiger charge is 2.08. The Labute approximate surface area is 140 Å². The molecule has 1 N–H and O–H groups in total. The molecule has 0 saturated carbocycles. The van der Waals surface area contributed by atoms with Crippen LogP contribution in [-0.4, -0.2) is 27.4 Å². The number of hydrogen-bond donors (Lipinski definition) is 1. The predicted octanol–water partition coefficient (Wildman–Crippen LogP) is 2.27. The van der Waals surface area contributed by atoms with Crippen molar-refractivity contribution >= 4 is 34.1 Å². The van der Waals surface area contributed by atoms with Crippen LogP contribution in [0.15, 0.2) is 42.9 Å². The zero-order chi connectivity index (χ0) is 15.5. The van der Waals surface area contributed by atoms with Crippen molar-refractivity contribution in [3.8, 4) is 5.88 Å². The van der Waals surface area contributed by atoms with Gasteiger partial charge in [-0.1, -0.05) is 0 Å². The first-order valence-corrected chi connectivity index (χ1v) is 7.65. The van der Waals surface area contributed by atoms with Crippen molar-refractivity contribution in [2.45, 2.75) is 6.54 Å². The molecular formula is C15H13IN4O2. The second-order valence-corrected chi connectivity index (χ2v) is 5.72. The number of aromatic nitrogens is 3.